The van der Waals surface area contributed by atoms with Crippen molar-refractivity contribution in [3.05, 3.63) is 22.8 Å². The van der Waals surface area contributed by atoms with Crippen molar-refractivity contribution in [3.8, 4) is 5.88 Å². The summed E-state index contributed by atoms with van der Waals surface area (Å²) in [7, 11) is 0. The number of morpholine rings is 1. The maximum atomic E-state index is 6.66. The molecule has 0 radical (unpaired) electrons. The number of hydrogen-bond acceptors (Lipinski definition) is 9. The van der Waals surface area contributed by atoms with E-state index in [-0.39, 0.29) is 11.7 Å². The lowest BCUT2D eigenvalue weighted by Crippen LogP contribution is -2.46. The normalized spacial score (nSPS) is 25.2. The van der Waals surface area contributed by atoms with E-state index in [1.165, 1.54) is 10.4 Å². The predicted molar refractivity (Wildman–Crippen MR) is 131 cm³/mol. The van der Waals surface area contributed by atoms with E-state index in [4.69, 9.17) is 24.2 Å². The highest BCUT2D eigenvalue weighted by molar-refractivity contribution is 7.18. The summed E-state index contributed by atoms with van der Waals surface area (Å²) < 4.78 is 18.3. The van der Waals surface area contributed by atoms with Gasteiger partial charge in [-0.3, -0.25) is 10.00 Å². The highest BCUT2D eigenvalue weighted by Gasteiger charge is 2.33. The molecule has 1 aliphatic carbocycles. The van der Waals surface area contributed by atoms with Crippen LogP contribution in [0.5, 0.6) is 5.88 Å². The highest BCUT2D eigenvalue weighted by Crippen LogP contribution is 2.43. The second kappa shape index (κ2) is 9.07. The van der Waals surface area contributed by atoms with Crippen LogP contribution in [0.1, 0.15) is 50.0 Å². The van der Waals surface area contributed by atoms with Crippen molar-refractivity contribution in [2.24, 2.45) is 0 Å². The average molecular weight is 485 g/mol. The standard InChI is InChI=1S/C24H32N6O3S/c1-24(2)11-18-19(14-32-24)34-22-20(18)21(28-23(29-22)27-15-12-25-26-13-15)33-17-5-3-16(4-6-17)30-7-9-31-10-8-30/h12-13,16-17H,3-11,14H2,1-2H3,(H,25,26)(H,27,28,29)/t16-,17-. The molecule has 34 heavy (non-hydrogen) atoms. The SMILES string of the molecule is CC1(C)Cc2c(sc3nc(Nc4cn[nH]c4)nc(O[C@H]4CC[C@H](N5CCOCC5)CC4)c23)CO1. The van der Waals surface area contributed by atoms with Gasteiger partial charge in [0.05, 0.1) is 42.7 Å². The molecular weight excluding hydrogens is 452 g/mol. The van der Waals surface area contributed by atoms with Crippen molar-refractivity contribution >= 4 is 33.2 Å². The minimum atomic E-state index is -0.206. The Kier molecular flexibility index (Phi) is 5.92. The summed E-state index contributed by atoms with van der Waals surface area (Å²) >= 11 is 1.68. The third-order valence-corrected chi connectivity index (χ3v) is 8.24. The fraction of sp³-hybridized carbons (Fsp3) is 0.625. The third-order valence-electron chi connectivity index (χ3n) is 7.14. The summed E-state index contributed by atoms with van der Waals surface area (Å²) in [6.45, 7) is 8.69. The van der Waals surface area contributed by atoms with Gasteiger partial charge in [0.15, 0.2) is 0 Å². The van der Waals surface area contributed by atoms with E-state index in [1.807, 2.05) is 0 Å². The fourth-order valence-electron chi connectivity index (χ4n) is 5.33. The first-order valence-electron chi connectivity index (χ1n) is 12.2. The number of nitrogens with one attached hydrogen (secondary N) is 2. The Hall–Kier alpha value is -2.27. The van der Waals surface area contributed by atoms with E-state index in [9.17, 15) is 0 Å². The molecule has 5 heterocycles. The van der Waals surface area contributed by atoms with Crippen molar-refractivity contribution in [3.63, 3.8) is 0 Å². The summed E-state index contributed by atoms with van der Waals surface area (Å²) in [5.41, 5.74) is 1.90. The van der Waals surface area contributed by atoms with Gasteiger partial charge < -0.3 is 19.5 Å². The largest absolute Gasteiger partial charge is 0.474 e. The van der Waals surface area contributed by atoms with Crippen molar-refractivity contribution in [1.29, 1.82) is 0 Å². The van der Waals surface area contributed by atoms with Gasteiger partial charge >= 0.3 is 0 Å². The molecule has 10 heteroatoms. The van der Waals surface area contributed by atoms with Gasteiger partial charge in [0, 0.05) is 36.6 Å². The molecular formula is C24H32N6O3S. The first kappa shape index (κ1) is 22.2. The molecule has 2 aliphatic heterocycles. The first-order valence-corrected chi connectivity index (χ1v) is 13.1. The van der Waals surface area contributed by atoms with Gasteiger partial charge in [0.25, 0.3) is 0 Å². The quantitative estimate of drug-likeness (QED) is 0.560. The number of H-pyrrole nitrogens is 1. The van der Waals surface area contributed by atoms with Crippen molar-refractivity contribution in [2.75, 3.05) is 31.6 Å². The lowest BCUT2D eigenvalue weighted by Gasteiger charge is -2.38. The van der Waals surface area contributed by atoms with E-state index in [0.717, 1.165) is 74.3 Å². The molecule has 0 bridgehead atoms. The van der Waals surface area contributed by atoms with Crippen molar-refractivity contribution in [1.82, 2.24) is 25.1 Å². The summed E-state index contributed by atoms with van der Waals surface area (Å²) in [6, 6.07) is 0.638. The number of thiophene rings is 1. The predicted octanol–water partition coefficient (Wildman–Crippen LogP) is 4.03. The smallest absolute Gasteiger partial charge is 0.232 e. The Morgan fingerprint density at radius 1 is 1.18 bits per heavy atom. The van der Waals surface area contributed by atoms with E-state index in [1.54, 1.807) is 23.7 Å². The third kappa shape index (κ3) is 4.51. The molecule has 0 spiro atoms. The van der Waals surface area contributed by atoms with Gasteiger partial charge in [0.2, 0.25) is 11.8 Å². The molecule has 3 aliphatic rings. The summed E-state index contributed by atoms with van der Waals surface area (Å²) in [5, 5.41) is 11.2. The Balaban J connectivity index is 1.27. The van der Waals surface area contributed by atoms with Crippen LogP contribution in [-0.2, 0) is 22.5 Å². The van der Waals surface area contributed by atoms with Gasteiger partial charge in [-0.25, -0.2) is 4.98 Å². The fourth-order valence-corrected chi connectivity index (χ4v) is 6.42. The molecule has 6 rings (SSSR count). The number of ether oxygens (including phenoxy) is 3. The highest BCUT2D eigenvalue weighted by atomic mass is 32.1. The molecule has 0 aromatic carbocycles. The minimum absolute atomic E-state index is 0.167. The monoisotopic (exact) mass is 484 g/mol. The molecule has 9 nitrogen and oxygen atoms in total. The number of fused-ring (bicyclic) bond motifs is 3. The zero-order valence-corrected chi connectivity index (χ0v) is 20.6. The van der Waals surface area contributed by atoms with E-state index in [0.29, 0.717) is 24.5 Å². The zero-order chi connectivity index (χ0) is 23.1. The molecule has 1 saturated carbocycles. The van der Waals surface area contributed by atoms with Gasteiger partial charge in [-0.15, -0.1) is 11.3 Å². The van der Waals surface area contributed by atoms with Gasteiger partial charge in [-0.2, -0.15) is 10.1 Å². The second-order valence-corrected chi connectivity index (χ2v) is 11.2. The molecule has 182 valence electrons. The number of hydrogen-bond donors (Lipinski definition) is 2. The van der Waals surface area contributed by atoms with Gasteiger partial charge in [-0.05, 0) is 45.1 Å². The van der Waals surface area contributed by atoms with Crippen LogP contribution in [0, 0.1) is 0 Å². The second-order valence-electron chi connectivity index (χ2n) is 10.1. The lowest BCUT2D eigenvalue weighted by atomic mass is 9.91. The Morgan fingerprint density at radius 2 is 2.00 bits per heavy atom. The molecule has 3 aromatic rings. The topological polar surface area (TPSA) is 97.4 Å². The maximum Gasteiger partial charge on any atom is 0.232 e. The summed E-state index contributed by atoms with van der Waals surface area (Å²) in [6.07, 6.45) is 8.90. The molecule has 2 fully saturated rings. The first-order chi connectivity index (χ1) is 16.5. The van der Waals surface area contributed by atoms with Crippen molar-refractivity contribution in [2.45, 2.75) is 70.3 Å². The van der Waals surface area contributed by atoms with Crippen LogP contribution in [0.25, 0.3) is 10.2 Å². The van der Waals surface area contributed by atoms with Crippen LogP contribution < -0.4 is 10.1 Å². The minimum Gasteiger partial charge on any atom is -0.474 e. The molecule has 0 atom stereocenters. The average Bonchev–Trinajstić information content (AvgIpc) is 3.47. The van der Waals surface area contributed by atoms with Crippen molar-refractivity contribution < 1.29 is 14.2 Å². The number of aromatic nitrogens is 4. The Morgan fingerprint density at radius 3 is 2.76 bits per heavy atom. The van der Waals surface area contributed by atoms with Gasteiger partial charge in [0.1, 0.15) is 10.9 Å². The number of anilines is 2. The lowest BCUT2D eigenvalue weighted by molar-refractivity contribution is -0.0379. The van der Waals surface area contributed by atoms with Crippen LogP contribution in [0.2, 0.25) is 0 Å². The van der Waals surface area contributed by atoms with E-state index >= 15 is 0 Å². The Labute approximate surface area is 203 Å². The Bertz CT molecular complexity index is 1130. The molecule has 0 unspecified atom stereocenters. The maximum absolute atomic E-state index is 6.66. The van der Waals surface area contributed by atoms with Crippen LogP contribution in [0.3, 0.4) is 0 Å². The number of nitrogens with zero attached hydrogens (tertiary/aromatic N) is 4. The van der Waals surface area contributed by atoms with Crippen LogP contribution in [-0.4, -0.2) is 69.1 Å². The molecule has 2 N–H and O–H groups in total. The van der Waals surface area contributed by atoms with Gasteiger partial charge in [-0.1, -0.05) is 0 Å². The molecule has 0 amide bonds. The van der Waals surface area contributed by atoms with E-state index in [2.05, 4.69) is 34.3 Å². The molecule has 1 saturated heterocycles. The summed E-state index contributed by atoms with van der Waals surface area (Å²) in [5.74, 6) is 1.23. The number of rotatable bonds is 5. The van der Waals surface area contributed by atoms with Crippen LogP contribution >= 0.6 is 11.3 Å². The number of aromatic amines is 1. The summed E-state index contributed by atoms with van der Waals surface area (Å²) in [4.78, 5) is 14.5. The molecule has 3 aromatic heterocycles. The van der Waals surface area contributed by atoms with E-state index < -0.39 is 0 Å². The van der Waals surface area contributed by atoms with Crippen LogP contribution in [0.15, 0.2) is 12.4 Å². The zero-order valence-electron chi connectivity index (χ0n) is 19.8. The van der Waals surface area contributed by atoms with Crippen LogP contribution in [0.4, 0.5) is 11.6 Å².